The van der Waals surface area contributed by atoms with Crippen LogP contribution in [0.2, 0.25) is 5.02 Å². The summed E-state index contributed by atoms with van der Waals surface area (Å²) in [4.78, 5) is 0. The zero-order chi connectivity index (χ0) is 15.7. The predicted molar refractivity (Wildman–Crippen MR) is 93.3 cm³/mol. The maximum Gasteiger partial charge on any atom is 0.0459 e. The molecule has 0 aliphatic heterocycles. The van der Waals surface area contributed by atoms with Crippen molar-refractivity contribution in [1.29, 1.82) is 0 Å². The average Bonchev–Trinajstić information content (AvgIpc) is 2.45. The van der Waals surface area contributed by atoms with Gasteiger partial charge in [-0.25, -0.2) is 0 Å². The molecule has 1 nitrogen and oxygen atoms in total. The van der Waals surface area contributed by atoms with E-state index in [1.807, 2.05) is 7.05 Å². The molecular formula is C19H24ClN. The molecule has 0 aliphatic carbocycles. The fraction of sp³-hybridized carbons (Fsp3) is 0.368. The van der Waals surface area contributed by atoms with Gasteiger partial charge in [0.15, 0.2) is 0 Å². The van der Waals surface area contributed by atoms with Crippen LogP contribution < -0.4 is 5.32 Å². The SMILES string of the molecule is CNC(C)c1ccc(-c2c(C)c(C)cc(C)c2C)cc1Cl. The standard InChI is InChI=1S/C19H24ClN/c1-11-9-12(2)14(4)19(13(11)3)16-7-8-17(15(5)21-6)18(20)10-16/h7-10,15,21H,1-6H3. The van der Waals surface area contributed by atoms with Crippen LogP contribution in [-0.4, -0.2) is 7.05 Å². The highest BCUT2D eigenvalue weighted by Crippen LogP contribution is 2.34. The van der Waals surface area contributed by atoms with Gasteiger partial charge < -0.3 is 5.32 Å². The number of halogens is 1. The van der Waals surface area contributed by atoms with Crippen molar-refractivity contribution in [3.63, 3.8) is 0 Å². The minimum atomic E-state index is 0.257. The monoisotopic (exact) mass is 301 g/mol. The van der Waals surface area contributed by atoms with Crippen molar-refractivity contribution < 1.29 is 0 Å². The van der Waals surface area contributed by atoms with E-state index in [9.17, 15) is 0 Å². The van der Waals surface area contributed by atoms with Crippen molar-refractivity contribution >= 4 is 11.6 Å². The normalized spacial score (nSPS) is 12.5. The number of benzene rings is 2. The molecule has 0 fully saturated rings. The molecular weight excluding hydrogens is 278 g/mol. The van der Waals surface area contributed by atoms with E-state index in [4.69, 9.17) is 11.6 Å². The zero-order valence-electron chi connectivity index (χ0n) is 13.8. The Morgan fingerprint density at radius 1 is 0.952 bits per heavy atom. The predicted octanol–water partition coefficient (Wildman–Crippen LogP) is 5.52. The van der Waals surface area contributed by atoms with Gasteiger partial charge in [-0.1, -0.05) is 29.8 Å². The topological polar surface area (TPSA) is 12.0 Å². The zero-order valence-corrected chi connectivity index (χ0v) is 14.5. The Morgan fingerprint density at radius 2 is 1.52 bits per heavy atom. The summed E-state index contributed by atoms with van der Waals surface area (Å²) >= 11 is 6.50. The highest BCUT2D eigenvalue weighted by atomic mass is 35.5. The Bertz CT molecular complexity index is 648. The number of hydrogen-bond donors (Lipinski definition) is 1. The molecule has 2 aromatic carbocycles. The summed E-state index contributed by atoms with van der Waals surface area (Å²) in [6.45, 7) is 10.8. The average molecular weight is 302 g/mol. The molecule has 2 heteroatoms. The molecule has 0 heterocycles. The largest absolute Gasteiger partial charge is 0.313 e. The molecule has 0 spiro atoms. The minimum Gasteiger partial charge on any atom is -0.313 e. The van der Waals surface area contributed by atoms with Crippen LogP contribution in [0.1, 0.15) is 40.8 Å². The molecule has 1 N–H and O–H groups in total. The summed E-state index contributed by atoms with van der Waals surface area (Å²) in [6.07, 6.45) is 0. The van der Waals surface area contributed by atoms with E-state index >= 15 is 0 Å². The lowest BCUT2D eigenvalue weighted by atomic mass is 9.89. The summed E-state index contributed by atoms with van der Waals surface area (Å²) in [5.74, 6) is 0. The van der Waals surface area contributed by atoms with Gasteiger partial charge in [-0.15, -0.1) is 0 Å². The van der Waals surface area contributed by atoms with Crippen molar-refractivity contribution in [1.82, 2.24) is 5.32 Å². The Morgan fingerprint density at radius 3 is 2.00 bits per heavy atom. The number of aryl methyl sites for hydroxylation is 2. The second kappa shape index (κ2) is 6.21. The lowest BCUT2D eigenvalue weighted by molar-refractivity contribution is 0.652. The van der Waals surface area contributed by atoms with E-state index in [1.165, 1.54) is 33.4 Å². The van der Waals surface area contributed by atoms with Crippen molar-refractivity contribution in [2.45, 2.75) is 40.7 Å². The van der Waals surface area contributed by atoms with Crippen LogP contribution in [0.4, 0.5) is 0 Å². The maximum absolute atomic E-state index is 6.50. The Hall–Kier alpha value is -1.31. The van der Waals surface area contributed by atoms with Gasteiger partial charge >= 0.3 is 0 Å². The third-order valence-electron chi connectivity index (χ3n) is 4.55. The van der Waals surface area contributed by atoms with Crippen LogP contribution in [0.5, 0.6) is 0 Å². The lowest BCUT2D eigenvalue weighted by Gasteiger charge is -2.18. The van der Waals surface area contributed by atoms with E-state index < -0.39 is 0 Å². The first kappa shape index (κ1) is 16.1. The highest BCUT2D eigenvalue weighted by molar-refractivity contribution is 6.31. The summed E-state index contributed by atoms with van der Waals surface area (Å²) in [7, 11) is 1.95. The molecule has 2 aromatic rings. The van der Waals surface area contributed by atoms with Gasteiger partial charge in [-0.05, 0) is 86.7 Å². The quantitative estimate of drug-likeness (QED) is 0.787. The molecule has 0 aliphatic rings. The van der Waals surface area contributed by atoms with Crippen molar-refractivity contribution in [2.24, 2.45) is 0 Å². The third-order valence-corrected chi connectivity index (χ3v) is 4.88. The molecule has 1 unspecified atom stereocenters. The van der Waals surface area contributed by atoms with Crippen molar-refractivity contribution in [2.75, 3.05) is 7.05 Å². The smallest absolute Gasteiger partial charge is 0.0459 e. The van der Waals surface area contributed by atoms with Crippen molar-refractivity contribution in [3.05, 3.63) is 57.1 Å². The summed E-state index contributed by atoms with van der Waals surface area (Å²) in [6, 6.07) is 8.93. The number of rotatable bonds is 3. The molecule has 112 valence electrons. The molecule has 1 atom stereocenters. The van der Waals surface area contributed by atoms with Gasteiger partial charge in [0.2, 0.25) is 0 Å². The Kier molecular flexibility index (Phi) is 4.75. The molecule has 0 radical (unpaired) electrons. The van der Waals surface area contributed by atoms with Crippen molar-refractivity contribution in [3.8, 4) is 11.1 Å². The lowest BCUT2D eigenvalue weighted by Crippen LogP contribution is -2.12. The number of nitrogens with one attached hydrogen (secondary N) is 1. The first-order chi connectivity index (χ1) is 9.86. The van der Waals surface area contributed by atoms with E-state index in [0.717, 1.165) is 10.6 Å². The maximum atomic E-state index is 6.50. The molecule has 0 amide bonds. The highest BCUT2D eigenvalue weighted by Gasteiger charge is 2.13. The summed E-state index contributed by atoms with van der Waals surface area (Å²) in [5.41, 5.74) is 9.00. The van der Waals surface area contributed by atoms with Crippen LogP contribution in [0.15, 0.2) is 24.3 Å². The van der Waals surface area contributed by atoms with Crippen LogP contribution in [0.25, 0.3) is 11.1 Å². The van der Waals surface area contributed by atoms with Gasteiger partial charge in [0.05, 0.1) is 0 Å². The van der Waals surface area contributed by atoms with Gasteiger partial charge in [0.25, 0.3) is 0 Å². The number of hydrogen-bond acceptors (Lipinski definition) is 1. The fourth-order valence-electron chi connectivity index (χ4n) is 2.84. The van der Waals surface area contributed by atoms with Crippen LogP contribution in [0.3, 0.4) is 0 Å². The van der Waals surface area contributed by atoms with E-state index in [0.29, 0.717) is 0 Å². The summed E-state index contributed by atoms with van der Waals surface area (Å²) in [5, 5.41) is 4.06. The Labute approximate surface area is 133 Å². The second-order valence-corrected chi connectivity index (χ2v) is 6.29. The van der Waals surface area contributed by atoms with Crippen LogP contribution in [-0.2, 0) is 0 Å². The first-order valence-corrected chi connectivity index (χ1v) is 7.79. The van der Waals surface area contributed by atoms with Gasteiger partial charge in [0.1, 0.15) is 0 Å². The summed E-state index contributed by atoms with van der Waals surface area (Å²) < 4.78 is 0. The minimum absolute atomic E-state index is 0.257. The third kappa shape index (κ3) is 3.00. The Balaban J connectivity index is 2.61. The molecule has 21 heavy (non-hydrogen) atoms. The van der Waals surface area contributed by atoms with E-state index in [-0.39, 0.29) is 6.04 Å². The van der Waals surface area contributed by atoms with E-state index in [2.05, 4.69) is 64.2 Å². The van der Waals surface area contributed by atoms with Crippen LogP contribution >= 0.6 is 11.6 Å². The van der Waals surface area contributed by atoms with Crippen LogP contribution in [0, 0.1) is 27.7 Å². The molecule has 2 rings (SSSR count). The molecule has 0 saturated heterocycles. The fourth-order valence-corrected chi connectivity index (χ4v) is 3.18. The van der Waals surface area contributed by atoms with Gasteiger partial charge in [0, 0.05) is 11.1 Å². The second-order valence-electron chi connectivity index (χ2n) is 5.88. The van der Waals surface area contributed by atoms with Gasteiger partial charge in [-0.3, -0.25) is 0 Å². The molecule has 0 aromatic heterocycles. The molecule has 0 saturated carbocycles. The molecule has 0 bridgehead atoms. The van der Waals surface area contributed by atoms with Gasteiger partial charge in [-0.2, -0.15) is 0 Å². The first-order valence-electron chi connectivity index (χ1n) is 7.41. The van der Waals surface area contributed by atoms with E-state index in [1.54, 1.807) is 0 Å².